The summed E-state index contributed by atoms with van der Waals surface area (Å²) in [5.41, 5.74) is 1.08. The van der Waals surface area contributed by atoms with Gasteiger partial charge in [-0.15, -0.1) is 0 Å². The van der Waals surface area contributed by atoms with E-state index >= 15 is 0 Å². The number of ether oxygens (including phenoxy) is 3. The van der Waals surface area contributed by atoms with E-state index in [4.69, 9.17) is 9.47 Å². The standard InChI is InChI=1S/C19H16F3N5O5/c1-30-13-5-9-12(6-14(13)31-2)23-8-24-16(9)27-4-3-11-10(7-27)15(26-25-11)17(28)32-18(29)19(20,21)22/h5-6,8H,3-4,7H2,1-2H3,(H,25,26). The molecule has 0 aliphatic carbocycles. The summed E-state index contributed by atoms with van der Waals surface area (Å²) in [6.45, 7) is 0.572. The van der Waals surface area contributed by atoms with E-state index in [1.807, 2.05) is 4.90 Å². The van der Waals surface area contributed by atoms with Crippen LogP contribution in [0.15, 0.2) is 18.5 Å². The Hall–Kier alpha value is -3.90. The summed E-state index contributed by atoms with van der Waals surface area (Å²) in [4.78, 5) is 33.6. The number of methoxy groups -OCH3 is 2. The molecule has 1 aliphatic rings. The van der Waals surface area contributed by atoms with E-state index < -0.39 is 18.1 Å². The highest BCUT2D eigenvalue weighted by Crippen LogP contribution is 2.36. The molecule has 1 N–H and O–H groups in total. The molecule has 0 amide bonds. The average molecular weight is 451 g/mol. The fourth-order valence-corrected chi connectivity index (χ4v) is 3.46. The summed E-state index contributed by atoms with van der Waals surface area (Å²) >= 11 is 0. The van der Waals surface area contributed by atoms with Crippen LogP contribution in [0.2, 0.25) is 0 Å². The number of carbonyl (C=O) groups excluding carboxylic acids is 2. The van der Waals surface area contributed by atoms with Gasteiger partial charge in [0.2, 0.25) is 0 Å². The van der Waals surface area contributed by atoms with Gasteiger partial charge >= 0.3 is 18.1 Å². The number of aromatic amines is 1. The van der Waals surface area contributed by atoms with Crippen molar-refractivity contribution in [1.82, 2.24) is 20.2 Å². The zero-order valence-corrected chi connectivity index (χ0v) is 16.8. The van der Waals surface area contributed by atoms with Gasteiger partial charge in [-0.25, -0.2) is 19.6 Å². The fourth-order valence-electron chi connectivity index (χ4n) is 3.46. The number of benzene rings is 1. The number of nitrogens with zero attached hydrogens (tertiary/aromatic N) is 4. The molecule has 0 atom stereocenters. The van der Waals surface area contributed by atoms with Crippen molar-refractivity contribution in [1.29, 1.82) is 0 Å². The van der Waals surface area contributed by atoms with Crippen LogP contribution < -0.4 is 14.4 Å². The van der Waals surface area contributed by atoms with Crippen molar-refractivity contribution in [3.63, 3.8) is 0 Å². The molecular weight excluding hydrogens is 435 g/mol. The van der Waals surface area contributed by atoms with Crippen molar-refractivity contribution in [3.05, 3.63) is 35.4 Å². The molecule has 0 saturated carbocycles. The Labute approximate surface area is 178 Å². The van der Waals surface area contributed by atoms with Gasteiger partial charge in [0.1, 0.15) is 12.1 Å². The number of H-pyrrole nitrogens is 1. The van der Waals surface area contributed by atoms with Gasteiger partial charge in [0, 0.05) is 42.2 Å². The number of aromatic nitrogens is 4. The first-order valence-corrected chi connectivity index (χ1v) is 9.24. The zero-order valence-electron chi connectivity index (χ0n) is 16.8. The topological polar surface area (TPSA) is 120 Å². The monoisotopic (exact) mass is 451 g/mol. The number of nitrogens with one attached hydrogen (secondary N) is 1. The molecule has 1 aliphatic heterocycles. The minimum Gasteiger partial charge on any atom is -0.493 e. The third-order valence-corrected chi connectivity index (χ3v) is 4.96. The summed E-state index contributed by atoms with van der Waals surface area (Å²) < 4.78 is 51.9. The minimum atomic E-state index is -5.29. The highest BCUT2D eigenvalue weighted by molar-refractivity contribution is 5.98. The van der Waals surface area contributed by atoms with Gasteiger partial charge in [0.25, 0.3) is 0 Å². The van der Waals surface area contributed by atoms with E-state index in [9.17, 15) is 22.8 Å². The minimum absolute atomic E-state index is 0.0942. The zero-order chi connectivity index (χ0) is 23.0. The Morgan fingerprint density at radius 1 is 1.12 bits per heavy atom. The third kappa shape index (κ3) is 3.76. The fraction of sp³-hybridized carbons (Fsp3) is 0.316. The predicted octanol–water partition coefficient (Wildman–Crippen LogP) is 2.18. The molecule has 168 valence electrons. The molecule has 13 heteroatoms. The summed E-state index contributed by atoms with van der Waals surface area (Å²) in [5.74, 6) is -2.61. The lowest BCUT2D eigenvalue weighted by molar-refractivity contribution is -0.193. The van der Waals surface area contributed by atoms with Crippen molar-refractivity contribution in [2.75, 3.05) is 25.7 Å². The Morgan fingerprint density at radius 2 is 1.84 bits per heavy atom. The van der Waals surface area contributed by atoms with Crippen LogP contribution in [0.25, 0.3) is 10.9 Å². The van der Waals surface area contributed by atoms with Crippen LogP contribution in [0.4, 0.5) is 19.0 Å². The van der Waals surface area contributed by atoms with Crippen LogP contribution in [0.3, 0.4) is 0 Å². The summed E-state index contributed by atoms with van der Waals surface area (Å²) in [6.07, 6.45) is -3.52. The van der Waals surface area contributed by atoms with Crippen LogP contribution >= 0.6 is 0 Å². The molecule has 3 heterocycles. The SMILES string of the molecule is COc1cc2ncnc(N3CCc4[nH]nc(C(=O)OC(=O)C(F)(F)F)c4C3)c2cc1OC. The predicted molar refractivity (Wildman–Crippen MR) is 102 cm³/mol. The molecule has 0 fully saturated rings. The molecule has 0 radical (unpaired) electrons. The summed E-state index contributed by atoms with van der Waals surface area (Å²) in [5, 5.41) is 7.03. The largest absolute Gasteiger partial charge is 0.493 e. The highest BCUT2D eigenvalue weighted by Gasteiger charge is 2.43. The highest BCUT2D eigenvalue weighted by atomic mass is 19.4. The van der Waals surface area contributed by atoms with Gasteiger partial charge in [-0.1, -0.05) is 0 Å². The normalized spacial score (nSPS) is 13.6. The van der Waals surface area contributed by atoms with Gasteiger partial charge in [-0.3, -0.25) is 5.10 Å². The molecule has 0 bridgehead atoms. The second kappa shape index (κ2) is 7.98. The van der Waals surface area contributed by atoms with Crippen molar-refractivity contribution in [2.24, 2.45) is 0 Å². The van der Waals surface area contributed by atoms with E-state index in [1.54, 1.807) is 12.1 Å². The van der Waals surface area contributed by atoms with Crippen LogP contribution in [0, 0.1) is 0 Å². The number of esters is 2. The maximum absolute atomic E-state index is 12.4. The number of hydrogen-bond acceptors (Lipinski definition) is 9. The molecule has 0 saturated heterocycles. The van der Waals surface area contributed by atoms with Crippen molar-refractivity contribution in [3.8, 4) is 11.5 Å². The van der Waals surface area contributed by atoms with E-state index in [1.165, 1.54) is 20.5 Å². The van der Waals surface area contributed by atoms with Gasteiger partial charge in [-0.2, -0.15) is 18.3 Å². The first-order valence-electron chi connectivity index (χ1n) is 9.24. The number of fused-ring (bicyclic) bond motifs is 2. The molecule has 0 unspecified atom stereocenters. The van der Waals surface area contributed by atoms with Crippen LogP contribution in [-0.4, -0.2) is 59.0 Å². The Bertz CT molecular complexity index is 1210. The molecule has 32 heavy (non-hydrogen) atoms. The molecule has 10 nitrogen and oxygen atoms in total. The van der Waals surface area contributed by atoms with Crippen LogP contribution in [0.1, 0.15) is 21.7 Å². The van der Waals surface area contributed by atoms with Gasteiger partial charge in [0.05, 0.1) is 19.7 Å². The van der Waals surface area contributed by atoms with E-state index in [-0.39, 0.29) is 12.2 Å². The van der Waals surface area contributed by atoms with Gasteiger partial charge in [-0.05, 0) is 6.07 Å². The molecular formula is C19H16F3N5O5. The van der Waals surface area contributed by atoms with E-state index in [0.717, 1.165) is 0 Å². The van der Waals surface area contributed by atoms with Crippen molar-refractivity contribution >= 4 is 28.7 Å². The van der Waals surface area contributed by atoms with Crippen molar-refractivity contribution < 1.29 is 37.0 Å². The Balaban J connectivity index is 1.67. The molecule has 3 aromatic rings. The van der Waals surface area contributed by atoms with Gasteiger partial charge in [0.15, 0.2) is 17.2 Å². The maximum atomic E-state index is 12.4. The number of rotatable bonds is 4. The smallest absolute Gasteiger partial charge is 0.491 e. The number of alkyl halides is 3. The van der Waals surface area contributed by atoms with Crippen LogP contribution in [0.5, 0.6) is 11.5 Å². The van der Waals surface area contributed by atoms with Gasteiger partial charge < -0.3 is 19.1 Å². The molecule has 1 aromatic carbocycles. The maximum Gasteiger partial charge on any atom is 0.491 e. The first kappa shape index (κ1) is 21.3. The van der Waals surface area contributed by atoms with Crippen molar-refractivity contribution in [2.45, 2.75) is 19.1 Å². The lowest BCUT2D eigenvalue weighted by Gasteiger charge is -2.28. The number of anilines is 1. The Kier molecular flexibility index (Phi) is 5.32. The quantitative estimate of drug-likeness (QED) is 0.470. The second-order valence-corrected chi connectivity index (χ2v) is 6.80. The number of hydrogen-bond donors (Lipinski definition) is 1. The lowest BCUT2D eigenvalue weighted by atomic mass is 10.0. The molecule has 0 spiro atoms. The first-order chi connectivity index (χ1) is 15.2. The number of carbonyl (C=O) groups is 2. The molecule has 4 rings (SSSR count). The van der Waals surface area contributed by atoms with E-state index in [2.05, 4.69) is 24.9 Å². The van der Waals surface area contributed by atoms with E-state index in [0.29, 0.717) is 52.4 Å². The third-order valence-electron chi connectivity index (χ3n) is 4.96. The second-order valence-electron chi connectivity index (χ2n) is 6.80. The number of halogens is 3. The molecule has 2 aromatic heterocycles. The summed E-state index contributed by atoms with van der Waals surface area (Å²) in [7, 11) is 2.99. The Morgan fingerprint density at radius 3 is 2.53 bits per heavy atom. The summed E-state index contributed by atoms with van der Waals surface area (Å²) in [6, 6.07) is 3.41. The average Bonchev–Trinajstić information content (AvgIpc) is 3.20. The lowest BCUT2D eigenvalue weighted by Crippen LogP contribution is -2.32. The van der Waals surface area contributed by atoms with Crippen LogP contribution in [-0.2, 0) is 22.5 Å².